The molecule has 1 saturated heterocycles. The van der Waals surface area contributed by atoms with Crippen LogP contribution in [0.3, 0.4) is 0 Å². The highest BCUT2D eigenvalue weighted by molar-refractivity contribution is 5.83. The molecule has 2 heterocycles. The maximum Gasteiger partial charge on any atom is 0.191 e. The van der Waals surface area contributed by atoms with Gasteiger partial charge in [0.2, 0.25) is 0 Å². The van der Waals surface area contributed by atoms with Crippen LogP contribution in [0, 0.1) is 0 Å². The van der Waals surface area contributed by atoms with E-state index in [2.05, 4.69) is 64.6 Å². The molecule has 1 aliphatic rings. The normalized spacial score (nSPS) is 19.7. The number of fused-ring (bicyclic) bond motifs is 1. The Hall–Kier alpha value is -2.18. The van der Waals surface area contributed by atoms with Crippen molar-refractivity contribution in [1.82, 2.24) is 25.4 Å². The molecule has 6 heteroatoms. The number of piperazine rings is 1. The summed E-state index contributed by atoms with van der Waals surface area (Å²) in [4.78, 5) is 14.0. The molecule has 0 amide bonds. The Kier molecular flexibility index (Phi) is 6.41. The molecule has 0 radical (unpaired) electrons. The summed E-state index contributed by atoms with van der Waals surface area (Å²) in [6, 6.07) is 10.8. The topological polar surface area (TPSA) is 55.8 Å². The van der Waals surface area contributed by atoms with Crippen molar-refractivity contribution in [3.8, 4) is 0 Å². The van der Waals surface area contributed by atoms with Gasteiger partial charge in [0.15, 0.2) is 5.96 Å². The summed E-state index contributed by atoms with van der Waals surface area (Å²) < 4.78 is 0. The van der Waals surface area contributed by atoms with E-state index >= 15 is 0 Å². The number of pyridine rings is 1. The van der Waals surface area contributed by atoms with Gasteiger partial charge in [-0.15, -0.1) is 0 Å². The van der Waals surface area contributed by atoms with Crippen molar-refractivity contribution in [2.24, 2.45) is 4.99 Å². The van der Waals surface area contributed by atoms with E-state index in [1.807, 2.05) is 18.3 Å². The Morgan fingerprint density at radius 3 is 2.88 bits per heavy atom. The molecular weight excluding hydrogens is 324 g/mol. The lowest BCUT2D eigenvalue weighted by Gasteiger charge is -2.37. The minimum absolute atomic E-state index is 0.499. The first-order valence-corrected chi connectivity index (χ1v) is 9.41. The van der Waals surface area contributed by atoms with Crippen molar-refractivity contribution < 1.29 is 0 Å². The standard InChI is InChI=1S/C20H30N6/c1-4-21-20(24-14-17-15-25(2)11-12-26(17)3)23-13-16-9-10-22-19-8-6-5-7-18(16)19/h5-10,17H,4,11-15H2,1-3H3,(H2,21,23,24). The zero-order chi connectivity index (χ0) is 18.4. The number of rotatable bonds is 5. The van der Waals surface area contributed by atoms with Gasteiger partial charge in [-0.3, -0.25) is 9.88 Å². The van der Waals surface area contributed by atoms with Crippen LogP contribution in [0.2, 0.25) is 0 Å². The third-order valence-corrected chi connectivity index (χ3v) is 4.98. The minimum atomic E-state index is 0.499. The van der Waals surface area contributed by atoms with Crippen LogP contribution < -0.4 is 10.6 Å². The lowest BCUT2D eigenvalue weighted by atomic mass is 10.1. The number of guanidine groups is 1. The highest BCUT2D eigenvalue weighted by atomic mass is 15.3. The summed E-state index contributed by atoms with van der Waals surface area (Å²) in [6.45, 7) is 7.80. The highest BCUT2D eigenvalue weighted by Crippen LogP contribution is 2.16. The zero-order valence-corrected chi connectivity index (χ0v) is 16.1. The second-order valence-electron chi connectivity index (χ2n) is 6.96. The summed E-state index contributed by atoms with van der Waals surface area (Å²) in [5.74, 6) is 0.870. The average molecular weight is 355 g/mol. The monoisotopic (exact) mass is 354 g/mol. The molecule has 140 valence electrons. The fraction of sp³-hybridized carbons (Fsp3) is 0.500. The van der Waals surface area contributed by atoms with Crippen LogP contribution in [0.5, 0.6) is 0 Å². The van der Waals surface area contributed by atoms with Crippen molar-refractivity contribution in [3.05, 3.63) is 42.1 Å². The first-order valence-electron chi connectivity index (χ1n) is 9.41. The van der Waals surface area contributed by atoms with Gasteiger partial charge in [-0.2, -0.15) is 0 Å². The van der Waals surface area contributed by atoms with Gasteiger partial charge in [-0.05, 0) is 38.7 Å². The number of aromatic nitrogens is 1. The van der Waals surface area contributed by atoms with Gasteiger partial charge in [0.05, 0.1) is 12.1 Å². The second kappa shape index (κ2) is 8.96. The number of nitrogens with one attached hydrogen (secondary N) is 2. The highest BCUT2D eigenvalue weighted by Gasteiger charge is 2.22. The van der Waals surface area contributed by atoms with E-state index in [1.54, 1.807) is 0 Å². The van der Waals surface area contributed by atoms with Crippen molar-refractivity contribution in [2.45, 2.75) is 19.5 Å². The van der Waals surface area contributed by atoms with Gasteiger partial charge >= 0.3 is 0 Å². The Bertz CT molecular complexity index is 739. The predicted octanol–water partition coefficient (Wildman–Crippen LogP) is 1.54. The summed E-state index contributed by atoms with van der Waals surface area (Å²) in [5.41, 5.74) is 2.22. The number of benzene rings is 1. The first kappa shape index (κ1) is 18.6. The fourth-order valence-electron chi connectivity index (χ4n) is 3.34. The number of hydrogen-bond donors (Lipinski definition) is 2. The molecule has 1 unspecified atom stereocenters. The molecule has 0 bridgehead atoms. The van der Waals surface area contributed by atoms with Gasteiger partial charge in [-0.1, -0.05) is 18.2 Å². The molecule has 26 heavy (non-hydrogen) atoms. The van der Waals surface area contributed by atoms with Crippen LogP contribution in [0.15, 0.2) is 41.5 Å². The number of likely N-dealkylation sites (N-methyl/N-ethyl adjacent to an activating group) is 2. The van der Waals surface area contributed by atoms with E-state index < -0.39 is 0 Å². The van der Waals surface area contributed by atoms with Crippen molar-refractivity contribution in [2.75, 3.05) is 46.8 Å². The maximum absolute atomic E-state index is 4.80. The largest absolute Gasteiger partial charge is 0.357 e. The Morgan fingerprint density at radius 1 is 1.19 bits per heavy atom. The Labute approximate surface area is 156 Å². The van der Waals surface area contributed by atoms with Gasteiger partial charge in [0, 0.05) is 50.3 Å². The van der Waals surface area contributed by atoms with E-state index in [4.69, 9.17) is 4.99 Å². The van der Waals surface area contributed by atoms with Crippen LogP contribution in [0.4, 0.5) is 0 Å². The Morgan fingerprint density at radius 2 is 2.04 bits per heavy atom. The van der Waals surface area contributed by atoms with Gasteiger partial charge in [0.1, 0.15) is 0 Å². The predicted molar refractivity (Wildman–Crippen MR) is 108 cm³/mol. The third kappa shape index (κ3) is 4.71. The summed E-state index contributed by atoms with van der Waals surface area (Å²) in [7, 11) is 4.39. The van der Waals surface area contributed by atoms with Crippen molar-refractivity contribution in [3.63, 3.8) is 0 Å². The van der Waals surface area contributed by atoms with E-state index in [0.717, 1.165) is 44.2 Å². The number of aliphatic imine (C=N–C) groups is 1. The summed E-state index contributed by atoms with van der Waals surface area (Å²) in [5, 5.41) is 8.04. The molecule has 1 aromatic heterocycles. The first-order chi connectivity index (χ1) is 12.7. The molecule has 0 saturated carbocycles. The minimum Gasteiger partial charge on any atom is -0.357 e. The van der Waals surface area contributed by atoms with Crippen molar-refractivity contribution in [1.29, 1.82) is 0 Å². The van der Waals surface area contributed by atoms with Crippen LogP contribution >= 0.6 is 0 Å². The van der Waals surface area contributed by atoms with E-state index in [-0.39, 0.29) is 0 Å². The van der Waals surface area contributed by atoms with E-state index in [9.17, 15) is 0 Å². The smallest absolute Gasteiger partial charge is 0.191 e. The van der Waals surface area contributed by atoms with Gasteiger partial charge in [0.25, 0.3) is 0 Å². The summed E-state index contributed by atoms with van der Waals surface area (Å²) in [6.07, 6.45) is 1.86. The number of para-hydroxylation sites is 1. The molecular formula is C20H30N6. The molecule has 1 atom stereocenters. The molecule has 1 aliphatic heterocycles. The average Bonchev–Trinajstić information content (AvgIpc) is 2.66. The van der Waals surface area contributed by atoms with Gasteiger partial charge < -0.3 is 15.5 Å². The Balaban J connectivity index is 1.67. The SMILES string of the molecule is CCNC(=NCc1ccnc2ccccc12)NCC1CN(C)CCN1C. The van der Waals surface area contributed by atoms with Crippen LogP contribution in [-0.2, 0) is 6.54 Å². The van der Waals surface area contributed by atoms with Crippen LogP contribution in [-0.4, -0.2) is 73.6 Å². The molecule has 1 fully saturated rings. The zero-order valence-electron chi connectivity index (χ0n) is 16.1. The van der Waals surface area contributed by atoms with Crippen molar-refractivity contribution >= 4 is 16.9 Å². The molecule has 2 N–H and O–H groups in total. The van der Waals surface area contributed by atoms with E-state index in [0.29, 0.717) is 12.6 Å². The lowest BCUT2D eigenvalue weighted by Crippen LogP contribution is -2.55. The molecule has 2 aromatic rings. The van der Waals surface area contributed by atoms with Crippen LogP contribution in [0.1, 0.15) is 12.5 Å². The fourth-order valence-corrected chi connectivity index (χ4v) is 3.34. The molecule has 3 rings (SSSR count). The van der Waals surface area contributed by atoms with Gasteiger partial charge in [-0.25, -0.2) is 4.99 Å². The van der Waals surface area contributed by atoms with Crippen LogP contribution in [0.25, 0.3) is 10.9 Å². The molecule has 6 nitrogen and oxygen atoms in total. The number of nitrogens with zero attached hydrogens (tertiary/aromatic N) is 4. The molecule has 0 spiro atoms. The number of hydrogen-bond acceptors (Lipinski definition) is 4. The van der Waals surface area contributed by atoms with E-state index in [1.165, 1.54) is 10.9 Å². The third-order valence-electron chi connectivity index (χ3n) is 4.98. The molecule has 1 aromatic carbocycles. The second-order valence-corrected chi connectivity index (χ2v) is 6.96. The lowest BCUT2D eigenvalue weighted by molar-refractivity contribution is 0.116. The quantitative estimate of drug-likeness (QED) is 0.630. The summed E-state index contributed by atoms with van der Waals surface area (Å²) >= 11 is 0. The molecule has 0 aliphatic carbocycles. The maximum atomic E-state index is 4.80.